The minimum Gasteiger partial charge on any atom is -0.481 e. The first-order valence-electron chi connectivity index (χ1n) is 14.9. The van der Waals surface area contributed by atoms with Gasteiger partial charge in [0.1, 0.15) is 6.54 Å². The Morgan fingerprint density at radius 2 is 1.66 bits per heavy atom. The molecule has 2 aromatic rings. The summed E-state index contributed by atoms with van der Waals surface area (Å²) in [5, 5.41) is 11.7. The molecule has 0 heterocycles. The van der Waals surface area contributed by atoms with Crippen molar-refractivity contribution >= 4 is 69.8 Å². The first-order valence-corrected chi connectivity index (χ1v) is 19.0. The van der Waals surface area contributed by atoms with Gasteiger partial charge in [-0.25, -0.2) is 0 Å². The maximum absolute atomic E-state index is 11.7. The summed E-state index contributed by atoms with van der Waals surface area (Å²) < 4.78 is 66.8. The zero-order valence-electron chi connectivity index (χ0n) is 26.9. The minimum absolute atomic E-state index is 0.0761. The molecule has 15 heteroatoms. The summed E-state index contributed by atoms with van der Waals surface area (Å²) in [5.41, 5.74) is 5.65. The third kappa shape index (κ3) is 14.3. The van der Waals surface area contributed by atoms with Crippen LogP contribution in [0.1, 0.15) is 62.6 Å². The number of rotatable bonds is 18. The third-order valence-electron chi connectivity index (χ3n) is 7.32. The van der Waals surface area contributed by atoms with Crippen molar-refractivity contribution in [3.63, 3.8) is 0 Å². The largest absolute Gasteiger partial charge is 0.481 e. The average molecular weight is 805 g/mol. The summed E-state index contributed by atoms with van der Waals surface area (Å²) in [6.45, 7) is 8.67. The molecule has 0 atom stereocenters. The molecule has 0 saturated heterocycles. The van der Waals surface area contributed by atoms with Gasteiger partial charge in [0.25, 0.3) is 24.2 Å². The molecule has 0 fully saturated rings. The maximum Gasteiger partial charge on any atom is 0.303 e. The van der Waals surface area contributed by atoms with Gasteiger partial charge in [-0.05, 0) is 75.1 Å². The number of benzene rings is 2. The number of unbranched alkanes of at least 4 members (excludes halogenated alkanes) is 2. The van der Waals surface area contributed by atoms with Crippen LogP contribution >= 0.6 is 22.6 Å². The smallest absolute Gasteiger partial charge is 0.303 e. The van der Waals surface area contributed by atoms with E-state index in [2.05, 4.69) is 5.32 Å². The van der Waals surface area contributed by atoms with Crippen LogP contribution in [0.5, 0.6) is 0 Å². The molecular formula is C32H43IN3O9S2+. The Morgan fingerprint density at radius 1 is 0.957 bits per heavy atom. The second-order valence-electron chi connectivity index (χ2n) is 11.1. The zero-order chi connectivity index (χ0) is 35.4. The van der Waals surface area contributed by atoms with Gasteiger partial charge in [0.2, 0.25) is 5.69 Å². The summed E-state index contributed by atoms with van der Waals surface area (Å²) in [7, 11) is -8.51. The van der Waals surface area contributed by atoms with Gasteiger partial charge >= 0.3 is 5.97 Å². The number of anilines is 1. The normalized spacial score (nSPS) is 13.0. The Bertz CT molecular complexity index is 1750. The molecule has 0 aliphatic carbocycles. The number of carboxylic acids is 1. The van der Waals surface area contributed by atoms with Crippen molar-refractivity contribution in [2.45, 2.75) is 71.2 Å². The Kier molecular flexibility index (Phi) is 15.7. The van der Waals surface area contributed by atoms with Crippen molar-refractivity contribution in [1.82, 2.24) is 5.32 Å². The summed E-state index contributed by atoms with van der Waals surface area (Å²) in [4.78, 5) is 24.1. The predicted molar refractivity (Wildman–Crippen MR) is 191 cm³/mol. The number of carboxylic acid groups (broad SMARTS) is 1. The molecule has 0 radical (unpaired) electrons. The lowest BCUT2D eigenvalue weighted by atomic mass is 10.1. The van der Waals surface area contributed by atoms with E-state index in [1.807, 2.05) is 66.7 Å². The van der Waals surface area contributed by atoms with Crippen LogP contribution in [-0.2, 0) is 31.6 Å². The van der Waals surface area contributed by atoms with Crippen molar-refractivity contribution < 1.29 is 45.2 Å². The fourth-order valence-electron chi connectivity index (χ4n) is 5.00. The number of carbonyl (C=O) groups is 2. The van der Waals surface area contributed by atoms with Crippen molar-refractivity contribution in [2.75, 3.05) is 23.7 Å². The number of aryl methyl sites for hydroxylation is 2. The van der Waals surface area contributed by atoms with Gasteiger partial charge in [-0.1, -0.05) is 18.6 Å². The molecule has 0 spiro atoms. The van der Waals surface area contributed by atoms with Crippen LogP contribution in [0.25, 0.3) is 0 Å². The van der Waals surface area contributed by atoms with Gasteiger partial charge < -0.3 is 15.3 Å². The third-order valence-corrected chi connectivity index (χ3v) is 9.36. The average Bonchev–Trinajstić information content (AvgIpc) is 2.95. The topological polar surface area (TPSA) is 181 Å². The highest BCUT2D eigenvalue weighted by atomic mass is 127. The van der Waals surface area contributed by atoms with E-state index in [9.17, 15) is 35.5 Å². The van der Waals surface area contributed by atoms with E-state index < -0.39 is 32.0 Å². The SMILES string of the molecule is CC(/C=C/C=C(\C)N(CCCCCC(=O)O)c1ccc(S(=O)(=O)O)cc1C)=[N+](CCCS(=O)(=O)O)c1ccc(CNC(=O)I)cc1C. The lowest BCUT2D eigenvalue weighted by Gasteiger charge is -2.27. The Labute approximate surface area is 290 Å². The number of nitrogens with zero attached hydrogens (tertiary/aromatic N) is 2. The summed E-state index contributed by atoms with van der Waals surface area (Å²) in [5.74, 6) is -1.25. The van der Waals surface area contributed by atoms with Gasteiger partial charge in [-0.3, -0.25) is 18.7 Å². The van der Waals surface area contributed by atoms with Crippen LogP contribution in [-0.4, -0.2) is 70.1 Å². The van der Waals surface area contributed by atoms with E-state index in [0.717, 1.165) is 33.9 Å². The zero-order valence-corrected chi connectivity index (χ0v) is 30.7. The molecule has 2 aromatic carbocycles. The van der Waals surface area contributed by atoms with Gasteiger partial charge in [0.15, 0.2) is 5.71 Å². The monoisotopic (exact) mass is 804 g/mol. The molecule has 2 rings (SSSR count). The van der Waals surface area contributed by atoms with E-state index >= 15 is 0 Å². The van der Waals surface area contributed by atoms with Crippen LogP contribution in [0.2, 0.25) is 0 Å². The molecule has 0 unspecified atom stereocenters. The molecule has 4 N–H and O–H groups in total. The van der Waals surface area contributed by atoms with Crippen LogP contribution in [0.15, 0.2) is 65.2 Å². The lowest BCUT2D eigenvalue weighted by molar-refractivity contribution is -0.440. The Morgan fingerprint density at radius 3 is 2.23 bits per heavy atom. The maximum atomic E-state index is 11.7. The number of aliphatic carboxylic acids is 1. The van der Waals surface area contributed by atoms with Crippen LogP contribution < -0.4 is 10.2 Å². The highest BCUT2D eigenvalue weighted by Crippen LogP contribution is 2.27. The molecule has 0 saturated carbocycles. The van der Waals surface area contributed by atoms with Crippen molar-refractivity contribution in [3.05, 3.63) is 77.0 Å². The van der Waals surface area contributed by atoms with Crippen molar-refractivity contribution in [2.24, 2.45) is 0 Å². The van der Waals surface area contributed by atoms with Gasteiger partial charge in [-0.2, -0.15) is 21.4 Å². The van der Waals surface area contributed by atoms with Gasteiger partial charge in [0.05, 0.1) is 10.6 Å². The lowest BCUT2D eigenvalue weighted by Crippen LogP contribution is -2.23. The second-order valence-corrected chi connectivity index (χ2v) is 15.1. The number of amides is 1. The van der Waals surface area contributed by atoms with Gasteiger partial charge in [-0.15, -0.1) is 0 Å². The number of hydrogen-bond donors (Lipinski definition) is 4. The number of halogens is 1. The Hall–Kier alpha value is -3.12. The number of hydrogen-bond acceptors (Lipinski definition) is 7. The van der Waals surface area contributed by atoms with Crippen molar-refractivity contribution in [1.29, 1.82) is 0 Å². The van der Waals surface area contributed by atoms with Gasteiger partial charge in [0, 0.05) is 84.5 Å². The van der Waals surface area contributed by atoms with Crippen LogP contribution in [0.3, 0.4) is 0 Å². The van der Waals surface area contributed by atoms with E-state index in [-0.39, 0.29) is 21.7 Å². The summed E-state index contributed by atoms with van der Waals surface area (Å²) in [6.07, 6.45) is 7.76. The second kappa shape index (κ2) is 18.4. The standard InChI is InChI=1S/C32H42IN3O9S2/c1-23-20-27(22-34-32(33)39)13-15-29(23)36(18-9-19-46(40,41)42)26(4)11-8-10-25(3)35(17-7-5-6-12-31(37)38)30-16-14-28(21-24(30)2)47(43,44)45/h8,10-11,13-16,20-21H,5-7,9,12,17-19,22H2,1-4H3,(H3-,34,37,38,39,40,41,42,43,44,45)/p+1. The van der Waals surface area contributed by atoms with E-state index in [1.54, 1.807) is 35.6 Å². The molecule has 0 aliphatic heterocycles. The highest BCUT2D eigenvalue weighted by molar-refractivity contribution is 14.1. The summed E-state index contributed by atoms with van der Waals surface area (Å²) >= 11 is 1.67. The fourth-order valence-corrected chi connectivity index (χ4v) is 6.25. The van der Waals surface area contributed by atoms with Crippen molar-refractivity contribution in [3.8, 4) is 0 Å². The predicted octanol–water partition coefficient (Wildman–Crippen LogP) is 6.19. The molecule has 12 nitrogen and oxygen atoms in total. The first-order chi connectivity index (χ1) is 21.9. The quantitative estimate of drug-likeness (QED) is 0.0198. The minimum atomic E-state index is -4.37. The molecule has 47 heavy (non-hydrogen) atoms. The number of carbonyl (C=O) groups excluding carboxylic acids is 1. The molecule has 0 aliphatic rings. The molecule has 258 valence electrons. The molecular weight excluding hydrogens is 761 g/mol. The molecule has 1 amide bonds. The fraction of sp³-hybridized carbons (Fsp3) is 0.406. The number of allylic oxidation sites excluding steroid dienone is 4. The number of nitrogens with one attached hydrogen (secondary N) is 1. The highest BCUT2D eigenvalue weighted by Gasteiger charge is 2.19. The summed E-state index contributed by atoms with van der Waals surface area (Å²) in [6, 6.07) is 10.1. The molecule has 0 aromatic heterocycles. The first kappa shape index (κ1) is 40.1. The van der Waals surface area contributed by atoms with Crippen LogP contribution in [0, 0.1) is 13.8 Å². The van der Waals surface area contributed by atoms with E-state index in [0.29, 0.717) is 44.5 Å². The van der Waals surface area contributed by atoms with Crippen LogP contribution in [0.4, 0.5) is 16.2 Å². The van der Waals surface area contributed by atoms with E-state index in [4.69, 9.17) is 5.11 Å². The Balaban J connectivity index is 2.46. The molecule has 0 bridgehead atoms. The van der Waals surface area contributed by atoms with E-state index in [1.165, 1.54) is 12.1 Å².